The van der Waals surface area contributed by atoms with Gasteiger partial charge in [-0.25, -0.2) is 0 Å². The van der Waals surface area contributed by atoms with Gasteiger partial charge in [0.1, 0.15) is 0 Å². The molecule has 0 amide bonds. The molecule has 1 fully saturated rings. The summed E-state index contributed by atoms with van der Waals surface area (Å²) in [5, 5.41) is 16.5. The standard InChI is InChI=1S/C29H37NO2Si/c1-29(2,3)33(25-15-9-5-10-16-25,26-17-11-6-12-18-26)32-27-20-19-24(22-31)28(27)30-21-23-13-7-4-8-14-23/h4-18,24,27-28,30-31H,19-22H2,1-3H3/t24-,27+,28+/m0/s1. The van der Waals surface area contributed by atoms with E-state index in [4.69, 9.17) is 4.43 Å². The predicted octanol–water partition coefficient (Wildman–Crippen LogP) is 4.49. The third-order valence-corrected chi connectivity index (χ3v) is 12.2. The van der Waals surface area contributed by atoms with Gasteiger partial charge in [0.15, 0.2) is 0 Å². The molecule has 174 valence electrons. The van der Waals surface area contributed by atoms with Crippen LogP contribution < -0.4 is 15.7 Å². The number of hydrogen-bond acceptors (Lipinski definition) is 3. The molecule has 0 bridgehead atoms. The maximum absolute atomic E-state index is 10.2. The van der Waals surface area contributed by atoms with Gasteiger partial charge in [-0.05, 0) is 39.7 Å². The summed E-state index contributed by atoms with van der Waals surface area (Å²) in [6, 6.07) is 32.3. The first-order chi connectivity index (χ1) is 16.0. The minimum atomic E-state index is -2.63. The normalized spacial score (nSPS) is 21.3. The molecular weight excluding hydrogens is 422 g/mol. The van der Waals surface area contributed by atoms with E-state index in [0.717, 1.165) is 19.4 Å². The van der Waals surface area contributed by atoms with Crippen molar-refractivity contribution in [2.24, 2.45) is 5.92 Å². The number of hydrogen-bond donors (Lipinski definition) is 2. The van der Waals surface area contributed by atoms with Crippen LogP contribution in [0.1, 0.15) is 39.2 Å². The molecule has 33 heavy (non-hydrogen) atoms. The van der Waals surface area contributed by atoms with E-state index in [1.807, 2.05) is 6.07 Å². The van der Waals surface area contributed by atoms with Crippen molar-refractivity contribution in [1.82, 2.24) is 5.32 Å². The van der Waals surface area contributed by atoms with Crippen molar-refractivity contribution in [3.63, 3.8) is 0 Å². The highest BCUT2D eigenvalue weighted by Crippen LogP contribution is 2.40. The van der Waals surface area contributed by atoms with E-state index < -0.39 is 8.32 Å². The molecule has 0 spiro atoms. The molecule has 4 heteroatoms. The fraction of sp³-hybridized carbons (Fsp3) is 0.379. The number of aliphatic hydroxyl groups excluding tert-OH is 1. The molecule has 0 aromatic heterocycles. The van der Waals surface area contributed by atoms with E-state index in [1.165, 1.54) is 15.9 Å². The largest absolute Gasteiger partial charge is 0.403 e. The summed E-state index contributed by atoms with van der Waals surface area (Å²) in [6.07, 6.45) is 1.99. The molecule has 1 aliphatic carbocycles. The molecule has 1 saturated carbocycles. The average molecular weight is 460 g/mol. The Balaban J connectivity index is 1.71. The summed E-state index contributed by atoms with van der Waals surface area (Å²) in [4.78, 5) is 0. The number of aliphatic hydroxyl groups is 1. The molecule has 3 aromatic rings. The zero-order valence-electron chi connectivity index (χ0n) is 20.1. The van der Waals surface area contributed by atoms with Crippen LogP contribution in [0, 0.1) is 5.92 Å². The fourth-order valence-electron chi connectivity index (χ4n) is 5.43. The van der Waals surface area contributed by atoms with Crippen LogP contribution >= 0.6 is 0 Å². The third-order valence-electron chi connectivity index (χ3n) is 7.09. The first kappa shape index (κ1) is 23.9. The van der Waals surface area contributed by atoms with Crippen LogP contribution in [0.2, 0.25) is 5.04 Å². The Morgan fingerprint density at radius 1 is 0.818 bits per heavy atom. The Bertz CT molecular complexity index is 949. The van der Waals surface area contributed by atoms with Crippen LogP contribution in [0.15, 0.2) is 91.0 Å². The van der Waals surface area contributed by atoms with Gasteiger partial charge in [-0.2, -0.15) is 0 Å². The minimum Gasteiger partial charge on any atom is -0.403 e. The maximum Gasteiger partial charge on any atom is 0.261 e. The van der Waals surface area contributed by atoms with E-state index in [1.54, 1.807) is 0 Å². The van der Waals surface area contributed by atoms with Gasteiger partial charge in [0.05, 0.1) is 6.10 Å². The van der Waals surface area contributed by atoms with Gasteiger partial charge in [-0.15, -0.1) is 0 Å². The Morgan fingerprint density at radius 2 is 1.33 bits per heavy atom. The molecule has 4 rings (SSSR count). The molecule has 0 unspecified atom stereocenters. The number of rotatable bonds is 8. The van der Waals surface area contributed by atoms with Gasteiger partial charge in [0.2, 0.25) is 0 Å². The van der Waals surface area contributed by atoms with Gasteiger partial charge in [0.25, 0.3) is 8.32 Å². The van der Waals surface area contributed by atoms with Crippen LogP contribution in [0.5, 0.6) is 0 Å². The second-order valence-electron chi connectivity index (χ2n) is 10.2. The fourth-order valence-corrected chi connectivity index (χ4v) is 10.2. The highest BCUT2D eigenvalue weighted by atomic mass is 28.4. The summed E-state index contributed by atoms with van der Waals surface area (Å²) in [6.45, 7) is 7.94. The second kappa shape index (κ2) is 10.4. The van der Waals surface area contributed by atoms with Crippen molar-refractivity contribution in [1.29, 1.82) is 0 Å². The molecule has 3 aromatic carbocycles. The lowest BCUT2D eigenvalue weighted by Gasteiger charge is -2.46. The summed E-state index contributed by atoms with van der Waals surface area (Å²) in [5.41, 5.74) is 1.25. The van der Waals surface area contributed by atoms with Crippen LogP contribution in [0.25, 0.3) is 0 Å². The lowest BCUT2D eigenvalue weighted by atomic mass is 10.0. The third kappa shape index (κ3) is 4.99. The molecule has 3 atom stereocenters. The van der Waals surface area contributed by atoms with Crippen molar-refractivity contribution in [2.75, 3.05) is 6.61 Å². The van der Waals surface area contributed by atoms with Crippen LogP contribution in [-0.4, -0.2) is 32.2 Å². The molecule has 2 N–H and O–H groups in total. The van der Waals surface area contributed by atoms with E-state index >= 15 is 0 Å². The lowest BCUT2D eigenvalue weighted by Crippen LogP contribution is -2.68. The summed E-state index contributed by atoms with van der Waals surface area (Å²) >= 11 is 0. The summed E-state index contributed by atoms with van der Waals surface area (Å²) in [5.74, 6) is 0.205. The average Bonchev–Trinajstić information content (AvgIpc) is 3.23. The van der Waals surface area contributed by atoms with Crippen molar-refractivity contribution < 1.29 is 9.53 Å². The second-order valence-corrected chi connectivity index (χ2v) is 14.5. The number of nitrogens with one attached hydrogen (secondary N) is 1. The Labute approximate surface area is 200 Å². The van der Waals surface area contributed by atoms with E-state index in [9.17, 15) is 5.11 Å². The SMILES string of the molecule is CC(C)(C)[Si](O[C@@H]1CC[C@@H](CO)[C@H]1NCc1ccccc1)(c1ccccc1)c1ccccc1. The van der Waals surface area contributed by atoms with Crippen molar-refractivity contribution in [3.05, 3.63) is 96.6 Å². The quantitative estimate of drug-likeness (QED) is 0.488. The highest BCUT2D eigenvalue weighted by Gasteiger charge is 2.53. The van der Waals surface area contributed by atoms with Crippen LogP contribution in [0.4, 0.5) is 0 Å². The smallest absolute Gasteiger partial charge is 0.261 e. The molecule has 0 heterocycles. The molecule has 0 saturated heterocycles. The Morgan fingerprint density at radius 3 is 1.82 bits per heavy atom. The van der Waals surface area contributed by atoms with Gasteiger partial charge < -0.3 is 14.8 Å². The topological polar surface area (TPSA) is 41.5 Å². The first-order valence-electron chi connectivity index (χ1n) is 12.1. The zero-order chi connectivity index (χ0) is 23.3. The summed E-state index contributed by atoms with van der Waals surface area (Å²) in [7, 11) is -2.63. The van der Waals surface area contributed by atoms with Gasteiger partial charge in [-0.1, -0.05) is 112 Å². The highest BCUT2D eigenvalue weighted by molar-refractivity contribution is 6.99. The zero-order valence-corrected chi connectivity index (χ0v) is 21.1. The van der Waals surface area contributed by atoms with Gasteiger partial charge in [-0.3, -0.25) is 0 Å². The first-order valence-corrected chi connectivity index (χ1v) is 14.0. The van der Waals surface area contributed by atoms with Gasteiger partial charge >= 0.3 is 0 Å². The minimum absolute atomic E-state index is 0.0529. The lowest BCUT2D eigenvalue weighted by molar-refractivity contribution is 0.129. The van der Waals surface area contributed by atoms with E-state index in [-0.39, 0.29) is 29.7 Å². The van der Waals surface area contributed by atoms with E-state index in [2.05, 4.69) is 111 Å². The van der Waals surface area contributed by atoms with Crippen molar-refractivity contribution in [3.8, 4) is 0 Å². The van der Waals surface area contributed by atoms with Crippen molar-refractivity contribution in [2.45, 2.75) is 57.3 Å². The van der Waals surface area contributed by atoms with Crippen LogP contribution in [-0.2, 0) is 11.0 Å². The summed E-state index contributed by atoms with van der Waals surface area (Å²) < 4.78 is 7.43. The van der Waals surface area contributed by atoms with Crippen LogP contribution in [0.3, 0.4) is 0 Å². The molecular formula is C29H37NO2Si. The molecule has 0 aliphatic heterocycles. The van der Waals surface area contributed by atoms with E-state index in [0.29, 0.717) is 0 Å². The number of benzene rings is 3. The predicted molar refractivity (Wildman–Crippen MR) is 139 cm³/mol. The molecule has 1 aliphatic rings. The molecule has 3 nitrogen and oxygen atoms in total. The monoisotopic (exact) mass is 459 g/mol. The molecule has 0 radical (unpaired) electrons. The van der Waals surface area contributed by atoms with Gasteiger partial charge in [0, 0.05) is 19.2 Å². The van der Waals surface area contributed by atoms with Crippen molar-refractivity contribution >= 4 is 18.7 Å². The Hall–Kier alpha value is -2.24. The maximum atomic E-state index is 10.2. The Kier molecular flexibility index (Phi) is 7.50.